The van der Waals surface area contributed by atoms with E-state index in [1.807, 2.05) is 36.7 Å². The number of anilines is 1. The second-order valence-corrected chi connectivity index (χ2v) is 8.39. The van der Waals surface area contributed by atoms with Crippen LogP contribution in [0.3, 0.4) is 0 Å². The van der Waals surface area contributed by atoms with Crippen molar-refractivity contribution in [3.63, 3.8) is 0 Å². The number of ether oxygens (including phenoxy) is 1. The molecule has 0 radical (unpaired) electrons. The average Bonchev–Trinajstić information content (AvgIpc) is 3.18. The predicted molar refractivity (Wildman–Crippen MR) is 120 cm³/mol. The van der Waals surface area contributed by atoms with E-state index in [1.165, 1.54) is 12.8 Å². The number of nitrogens with zero attached hydrogens (tertiary/aromatic N) is 5. The van der Waals surface area contributed by atoms with E-state index in [4.69, 9.17) is 4.74 Å². The monoisotopic (exact) mass is 408 g/mol. The summed E-state index contributed by atoms with van der Waals surface area (Å²) in [6, 6.07) is 10.4. The van der Waals surface area contributed by atoms with Crippen LogP contribution in [0.4, 0.5) is 5.82 Å². The Balaban J connectivity index is 1.21. The number of fused-ring (bicyclic) bond motifs is 1. The molecule has 7 nitrogen and oxygen atoms in total. The van der Waals surface area contributed by atoms with Gasteiger partial charge in [-0.3, -0.25) is 0 Å². The number of likely N-dealkylation sites (tertiary alicyclic amines) is 1. The molecule has 3 aromatic rings. The Kier molecular flexibility index (Phi) is 6.79. The number of imidazole rings is 1. The number of aromatic nitrogens is 4. The minimum atomic E-state index is 0.314. The van der Waals surface area contributed by atoms with Crippen molar-refractivity contribution >= 4 is 17.0 Å². The SMILES string of the molecule is CC(C)Nc1ncnc2c1ncn2CCCN1CCC(COc2ccccc2)CC1. The quantitative estimate of drug-likeness (QED) is 0.580. The fraction of sp³-hybridized carbons (Fsp3) is 0.522. The van der Waals surface area contributed by atoms with Crippen LogP contribution in [0.2, 0.25) is 0 Å². The molecule has 0 unspecified atom stereocenters. The molecule has 1 aliphatic rings. The second kappa shape index (κ2) is 9.89. The molecule has 0 aliphatic carbocycles. The van der Waals surface area contributed by atoms with Crippen molar-refractivity contribution in [2.45, 2.75) is 45.7 Å². The summed E-state index contributed by atoms with van der Waals surface area (Å²) in [6.45, 7) is 9.35. The lowest BCUT2D eigenvalue weighted by molar-refractivity contribution is 0.139. The van der Waals surface area contributed by atoms with Crippen molar-refractivity contribution in [3.05, 3.63) is 43.0 Å². The number of para-hydroxylation sites is 1. The van der Waals surface area contributed by atoms with Gasteiger partial charge in [0.15, 0.2) is 11.5 Å². The zero-order chi connectivity index (χ0) is 20.8. The van der Waals surface area contributed by atoms with Crippen LogP contribution in [0.15, 0.2) is 43.0 Å². The number of benzene rings is 1. The van der Waals surface area contributed by atoms with E-state index >= 15 is 0 Å². The van der Waals surface area contributed by atoms with Crippen LogP contribution in [0, 0.1) is 5.92 Å². The minimum absolute atomic E-state index is 0.314. The smallest absolute Gasteiger partial charge is 0.165 e. The first-order valence-electron chi connectivity index (χ1n) is 11.0. The lowest BCUT2D eigenvalue weighted by Gasteiger charge is -2.31. The minimum Gasteiger partial charge on any atom is -0.493 e. The van der Waals surface area contributed by atoms with Crippen molar-refractivity contribution in [3.8, 4) is 5.75 Å². The van der Waals surface area contributed by atoms with Crippen LogP contribution in [-0.2, 0) is 6.54 Å². The Labute approximate surface area is 178 Å². The van der Waals surface area contributed by atoms with Crippen LogP contribution in [0.1, 0.15) is 33.1 Å². The molecule has 1 aliphatic heterocycles. The first-order chi connectivity index (χ1) is 14.7. The number of rotatable bonds is 9. The van der Waals surface area contributed by atoms with E-state index in [9.17, 15) is 0 Å². The summed E-state index contributed by atoms with van der Waals surface area (Å²) in [7, 11) is 0. The third kappa shape index (κ3) is 5.27. The van der Waals surface area contributed by atoms with Gasteiger partial charge < -0.3 is 19.5 Å². The maximum absolute atomic E-state index is 5.94. The van der Waals surface area contributed by atoms with Crippen molar-refractivity contribution in [2.75, 3.05) is 31.6 Å². The van der Waals surface area contributed by atoms with Crippen LogP contribution in [0.5, 0.6) is 5.75 Å². The van der Waals surface area contributed by atoms with Gasteiger partial charge in [-0.1, -0.05) is 18.2 Å². The number of aryl methyl sites for hydroxylation is 1. The predicted octanol–water partition coefficient (Wildman–Crippen LogP) is 3.83. The fourth-order valence-corrected chi connectivity index (χ4v) is 4.00. The van der Waals surface area contributed by atoms with Gasteiger partial charge >= 0.3 is 0 Å². The summed E-state index contributed by atoms with van der Waals surface area (Å²) in [5, 5.41) is 3.35. The van der Waals surface area contributed by atoms with Gasteiger partial charge in [-0.05, 0) is 70.8 Å². The number of piperidine rings is 1. The molecule has 0 bridgehead atoms. The van der Waals surface area contributed by atoms with E-state index in [0.29, 0.717) is 12.0 Å². The summed E-state index contributed by atoms with van der Waals surface area (Å²) in [5.74, 6) is 2.44. The fourth-order valence-electron chi connectivity index (χ4n) is 4.00. The highest BCUT2D eigenvalue weighted by Crippen LogP contribution is 2.21. The van der Waals surface area contributed by atoms with E-state index in [-0.39, 0.29) is 0 Å². The second-order valence-electron chi connectivity index (χ2n) is 8.39. The average molecular weight is 409 g/mol. The van der Waals surface area contributed by atoms with Crippen LogP contribution in [0.25, 0.3) is 11.2 Å². The third-order valence-corrected chi connectivity index (χ3v) is 5.64. The first-order valence-corrected chi connectivity index (χ1v) is 11.0. The van der Waals surface area contributed by atoms with Crippen LogP contribution >= 0.6 is 0 Å². The molecule has 0 amide bonds. The highest BCUT2D eigenvalue weighted by Gasteiger charge is 2.19. The van der Waals surface area contributed by atoms with Gasteiger partial charge in [0.1, 0.15) is 17.6 Å². The molecule has 1 N–H and O–H groups in total. The Morgan fingerprint density at radius 3 is 2.63 bits per heavy atom. The molecule has 4 rings (SSSR count). The molecule has 7 heteroatoms. The highest BCUT2D eigenvalue weighted by atomic mass is 16.5. The van der Waals surface area contributed by atoms with E-state index in [2.05, 4.69) is 43.6 Å². The van der Waals surface area contributed by atoms with E-state index in [0.717, 1.165) is 61.9 Å². The third-order valence-electron chi connectivity index (χ3n) is 5.64. The van der Waals surface area contributed by atoms with Gasteiger partial charge in [0.25, 0.3) is 0 Å². The van der Waals surface area contributed by atoms with Crippen molar-refractivity contribution in [1.82, 2.24) is 24.4 Å². The normalized spacial score (nSPS) is 15.7. The molecular formula is C23H32N6O. The molecule has 160 valence electrons. The van der Waals surface area contributed by atoms with Crippen LogP contribution in [-0.4, -0.2) is 56.7 Å². The standard InChI is InChI=1S/C23H32N6O/c1-18(2)27-22-21-23(25-16-24-22)29(17-26-21)12-6-11-28-13-9-19(10-14-28)15-30-20-7-4-3-5-8-20/h3-5,7-8,16-19H,6,9-15H2,1-2H3,(H,24,25,27). The van der Waals surface area contributed by atoms with E-state index < -0.39 is 0 Å². The molecule has 2 aromatic heterocycles. The molecule has 3 heterocycles. The maximum atomic E-state index is 5.94. The van der Waals surface area contributed by atoms with Gasteiger partial charge in [-0.25, -0.2) is 15.0 Å². The Morgan fingerprint density at radius 1 is 1.07 bits per heavy atom. The van der Waals surface area contributed by atoms with Gasteiger partial charge in [0, 0.05) is 12.6 Å². The largest absolute Gasteiger partial charge is 0.493 e. The van der Waals surface area contributed by atoms with Crippen LogP contribution < -0.4 is 10.1 Å². The van der Waals surface area contributed by atoms with Gasteiger partial charge in [-0.2, -0.15) is 0 Å². The number of nitrogens with one attached hydrogen (secondary N) is 1. The molecule has 1 aromatic carbocycles. The number of hydrogen-bond donors (Lipinski definition) is 1. The lowest BCUT2D eigenvalue weighted by Crippen LogP contribution is -2.36. The summed E-state index contributed by atoms with van der Waals surface area (Å²) < 4.78 is 8.08. The topological polar surface area (TPSA) is 68.1 Å². The lowest BCUT2D eigenvalue weighted by atomic mass is 9.97. The zero-order valence-corrected chi connectivity index (χ0v) is 18.0. The van der Waals surface area contributed by atoms with Gasteiger partial charge in [0.05, 0.1) is 12.9 Å². The Morgan fingerprint density at radius 2 is 1.87 bits per heavy atom. The summed E-state index contributed by atoms with van der Waals surface area (Å²) in [5.41, 5.74) is 1.76. The van der Waals surface area contributed by atoms with Gasteiger partial charge in [-0.15, -0.1) is 0 Å². The zero-order valence-electron chi connectivity index (χ0n) is 18.0. The highest BCUT2D eigenvalue weighted by molar-refractivity contribution is 5.82. The van der Waals surface area contributed by atoms with Crippen molar-refractivity contribution in [1.29, 1.82) is 0 Å². The molecule has 0 atom stereocenters. The Bertz CT molecular complexity index is 918. The first kappa shape index (κ1) is 20.6. The van der Waals surface area contributed by atoms with E-state index in [1.54, 1.807) is 6.33 Å². The Hall–Kier alpha value is -2.67. The van der Waals surface area contributed by atoms with Gasteiger partial charge in [0.2, 0.25) is 0 Å². The molecular weight excluding hydrogens is 376 g/mol. The molecule has 30 heavy (non-hydrogen) atoms. The molecule has 0 saturated carbocycles. The molecule has 1 saturated heterocycles. The van der Waals surface area contributed by atoms with Crippen molar-refractivity contribution in [2.24, 2.45) is 5.92 Å². The summed E-state index contributed by atoms with van der Waals surface area (Å²) in [4.78, 5) is 15.9. The number of hydrogen-bond acceptors (Lipinski definition) is 6. The molecule has 0 spiro atoms. The van der Waals surface area contributed by atoms with Crippen molar-refractivity contribution < 1.29 is 4.74 Å². The summed E-state index contributed by atoms with van der Waals surface area (Å²) >= 11 is 0. The molecule has 1 fully saturated rings. The summed E-state index contributed by atoms with van der Waals surface area (Å²) in [6.07, 6.45) is 7.01. The maximum Gasteiger partial charge on any atom is 0.165 e.